The molecule has 0 atom stereocenters. The van der Waals surface area contributed by atoms with Crippen molar-refractivity contribution in [2.75, 3.05) is 18.0 Å². The van der Waals surface area contributed by atoms with Crippen LogP contribution >= 0.6 is 0 Å². The lowest BCUT2D eigenvalue weighted by atomic mass is 10.1. The number of aliphatic imine (C=N–C) groups is 1. The number of nitrogens with one attached hydrogen (secondary N) is 1. The van der Waals surface area contributed by atoms with Gasteiger partial charge in [-0.05, 0) is 37.6 Å². The lowest BCUT2D eigenvalue weighted by molar-refractivity contribution is -0.115. The summed E-state index contributed by atoms with van der Waals surface area (Å²) in [6.45, 7) is 6.23. The molecule has 0 saturated heterocycles. The zero-order chi connectivity index (χ0) is 16.9. The first kappa shape index (κ1) is 16.0. The quantitative estimate of drug-likeness (QED) is 0.858. The third-order valence-corrected chi connectivity index (χ3v) is 4.07. The first-order valence-electron chi connectivity index (χ1n) is 8.23. The first-order chi connectivity index (χ1) is 11.7. The topological polar surface area (TPSA) is 44.7 Å². The van der Waals surface area contributed by atoms with Gasteiger partial charge < -0.3 is 10.2 Å². The predicted octanol–water partition coefficient (Wildman–Crippen LogP) is 3.45. The van der Waals surface area contributed by atoms with Crippen molar-refractivity contribution in [3.63, 3.8) is 0 Å². The molecule has 0 spiro atoms. The van der Waals surface area contributed by atoms with E-state index in [9.17, 15) is 4.79 Å². The highest BCUT2D eigenvalue weighted by Crippen LogP contribution is 2.19. The Hall–Kier alpha value is -2.88. The van der Waals surface area contributed by atoms with Gasteiger partial charge in [0, 0.05) is 24.3 Å². The number of benzene rings is 2. The van der Waals surface area contributed by atoms with Crippen LogP contribution in [0, 0.1) is 0 Å². The molecule has 24 heavy (non-hydrogen) atoms. The van der Waals surface area contributed by atoms with Crippen molar-refractivity contribution in [3.8, 4) is 0 Å². The van der Waals surface area contributed by atoms with E-state index < -0.39 is 0 Å². The minimum absolute atomic E-state index is 0.165. The third-order valence-electron chi connectivity index (χ3n) is 4.07. The van der Waals surface area contributed by atoms with E-state index in [-0.39, 0.29) is 5.91 Å². The summed E-state index contributed by atoms with van der Waals surface area (Å²) in [6.07, 6.45) is 1.82. The smallest absolute Gasteiger partial charge is 0.275 e. The second kappa shape index (κ2) is 7.13. The van der Waals surface area contributed by atoms with Crippen LogP contribution in [0.2, 0.25) is 0 Å². The zero-order valence-electron chi connectivity index (χ0n) is 14.0. The molecular weight excluding hydrogens is 298 g/mol. The summed E-state index contributed by atoms with van der Waals surface area (Å²) in [6, 6.07) is 17.8. The number of hydrogen-bond donors (Lipinski definition) is 1. The maximum Gasteiger partial charge on any atom is 0.275 e. The molecule has 4 heteroatoms. The van der Waals surface area contributed by atoms with Gasteiger partial charge in [0.05, 0.1) is 0 Å². The van der Waals surface area contributed by atoms with Gasteiger partial charge in [-0.1, -0.05) is 42.5 Å². The molecule has 1 N–H and O–H groups in total. The third kappa shape index (κ3) is 3.38. The first-order valence-corrected chi connectivity index (χ1v) is 8.23. The van der Waals surface area contributed by atoms with Gasteiger partial charge in [0.2, 0.25) is 0 Å². The Kier molecular flexibility index (Phi) is 4.75. The van der Waals surface area contributed by atoms with Gasteiger partial charge in [-0.15, -0.1) is 0 Å². The van der Waals surface area contributed by atoms with Crippen molar-refractivity contribution in [2.24, 2.45) is 4.99 Å². The molecule has 0 fully saturated rings. The minimum Gasteiger partial charge on any atom is -0.372 e. The molecule has 0 unspecified atom stereocenters. The highest BCUT2D eigenvalue weighted by Gasteiger charge is 2.20. The summed E-state index contributed by atoms with van der Waals surface area (Å²) in [7, 11) is 0. The van der Waals surface area contributed by atoms with Crippen LogP contribution in [0.5, 0.6) is 0 Å². The Morgan fingerprint density at radius 1 is 1.00 bits per heavy atom. The summed E-state index contributed by atoms with van der Waals surface area (Å²) in [4.78, 5) is 18.8. The van der Waals surface area contributed by atoms with Crippen LogP contribution in [-0.4, -0.2) is 24.8 Å². The molecule has 2 aromatic carbocycles. The number of hydrogen-bond acceptors (Lipinski definition) is 3. The van der Waals surface area contributed by atoms with Gasteiger partial charge in [-0.3, -0.25) is 4.79 Å². The molecule has 0 radical (unpaired) electrons. The number of carbonyl (C=O) groups is 1. The second-order valence-corrected chi connectivity index (χ2v) is 5.57. The number of amidine groups is 1. The molecule has 3 rings (SSSR count). The molecule has 1 aliphatic rings. The Bertz CT molecular complexity index is 772. The molecule has 1 heterocycles. The lowest BCUT2D eigenvalue weighted by Gasteiger charge is -2.20. The van der Waals surface area contributed by atoms with Crippen LogP contribution < -0.4 is 10.2 Å². The Morgan fingerprint density at radius 3 is 2.29 bits per heavy atom. The summed E-state index contributed by atoms with van der Waals surface area (Å²) < 4.78 is 0. The van der Waals surface area contributed by atoms with Crippen molar-refractivity contribution < 1.29 is 4.79 Å². The number of rotatable bonds is 5. The number of nitrogens with zero attached hydrogens (tertiary/aromatic N) is 2. The van der Waals surface area contributed by atoms with Crippen molar-refractivity contribution in [3.05, 3.63) is 71.4 Å². The SMILES string of the molecule is CCN(CC)c1ccc(C=C2N=C(c3ccccc3)NC2=O)cc1. The van der Waals surface area contributed by atoms with Gasteiger partial charge in [-0.2, -0.15) is 0 Å². The Labute approximate surface area is 142 Å². The lowest BCUT2D eigenvalue weighted by Crippen LogP contribution is -2.24. The summed E-state index contributed by atoms with van der Waals surface area (Å²) in [5, 5.41) is 2.82. The normalized spacial score (nSPS) is 15.3. The van der Waals surface area contributed by atoms with E-state index in [1.165, 1.54) is 5.69 Å². The summed E-state index contributed by atoms with van der Waals surface area (Å²) in [5.41, 5.74) is 3.50. The van der Waals surface area contributed by atoms with E-state index in [0.717, 1.165) is 24.2 Å². The van der Waals surface area contributed by atoms with Crippen molar-refractivity contribution in [1.29, 1.82) is 0 Å². The molecule has 0 aromatic heterocycles. The maximum absolute atomic E-state index is 12.1. The highest BCUT2D eigenvalue weighted by atomic mass is 16.2. The van der Waals surface area contributed by atoms with Crippen molar-refractivity contribution in [1.82, 2.24) is 5.32 Å². The van der Waals surface area contributed by atoms with E-state index in [0.29, 0.717) is 11.5 Å². The molecule has 1 aliphatic heterocycles. The maximum atomic E-state index is 12.1. The second-order valence-electron chi connectivity index (χ2n) is 5.57. The average Bonchev–Trinajstić information content (AvgIpc) is 2.99. The molecule has 0 saturated carbocycles. The van der Waals surface area contributed by atoms with E-state index in [2.05, 4.69) is 41.2 Å². The van der Waals surface area contributed by atoms with Crippen LogP contribution in [0.3, 0.4) is 0 Å². The monoisotopic (exact) mass is 319 g/mol. The van der Waals surface area contributed by atoms with Gasteiger partial charge in [0.25, 0.3) is 5.91 Å². The summed E-state index contributed by atoms with van der Waals surface area (Å²) >= 11 is 0. The highest BCUT2D eigenvalue weighted by molar-refractivity contribution is 6.19. The van der Waals surface area contributed by atoms with E-state index in [1.54, 1.807) is 0 Å². The van der Waals surface area contributed by atoms with E-state index in [1.807, 2.05) is 48.5 Å². The van der Waals surface area contributed by atoms with Crippen molar-refractivity contribution >= 4 is 23.5 Å². The van der Waals surface area contributed by atoms with Crippen LogP contribution in [0.4, 0.5) is 5.69 Å². The molecular formula is C20H21N3O. The fourth-order valence-electron chi connectivity index (χ4n) is 2.73. The van der Waals surface area contributed by atoms with Crippen LogP contribution in [-0.2, 0) is 4.79 Å². The van der Waals surface area contributed by atoms with Crippen LogP contribution in [0.1, 0.15) is 25.0 Å². The number of amides is 1. The summed E-state index contributed by atoms with van der Waals surface area (Å²) in [5.74, 6) is 0.438. The van der Waals surface area contributed by atoms with Crippen LogP contribution in [0.25, 0.3) is 6.08 Å². The predicted molar refractivity (Wildman–Crippen MR) is 99.1 cm³/mol. The molecule has 122 valence electrons. The Morgan fingerprint density at radius 2 is 1.67 bits per heavy atom. The van der Waals surface area contributed by atoms with Gasteiger partial charge in [0.1, 0.15) is 11.5 Å². The van der Waals surface area contributed by atoms with Gasteiger partial charge in [0.15, 0.2) is 0 Å². The fraction of sp³-hybridized carbons (Fsp3) is 0.200. The van der Waals surface area contributed by atoms with E-state index >= 15 is 0 Å². The molecule has 2 aromatic rings. The van der Waals surface area contributed by atoms with E-state index in [4.69, 9.17) is 0 Å². The fourth-order valence-corrected chi connectivity index (χ4v) is 2.73. The molecule has 4 nitrogen and oxygen atoms in total. The number of carbonyl (C=O) groups excluding carboxylic acids is 1. The average molecular weight is 319 g/mol. The van der Waals surface area contributed by atoms with Gasteiger partial charge in [-0.25, -0.2) is 4.99 Å². The minimum atomic E-state index is -0.165. The number of anilines is 1. The van der Waals surface area contributed by atoms with Crippen LogP contribution in [0.15, 0.2) is 65.3 Å². The largest absolute Gasteiger partial charge is 0.372 e. The molecule has 0 bridgehead atoms. The molecule has 0 aliphatic carbocycles. The van der Waals surface area contributed by atoms with Crippen molar-refractivity contribution in [2.45, 2.75) is 13.8 Å². The molecule has 1 amide bonds. The standard InChI is InChI=1S/C20H21N3O/c1-3-23(4-2)17-12-10-15(11-13-17)14-18-20(24)22-19(21-18)16-8-6-5-7-9-16/h5-14H,3-4H2,1-2H3,(H,21,22,24). The Balaban J connectivity index is 1.83. The van der Waals surface area contributed by atoms with Gasteiger partial charge >= 0.3 is 0 Å². The zero-order valence-corrected chi connectivity index (χ0v) is 14.0.